The van der Waals surface area contributed by atoms with E-state index in [1.165, 1.54) is 17.3 Å². The average molecular weight is 390 g/mol. The lowest BCUT2D eigenvalue weighted by molar-refractivity contribution is -0.126. The van der Waals surface area contributed by atoms with Crippen LogP contribution in [0.25, 0.3) is 11.5 Å². The van der Waals surface area contributed by atoms with Crippen LogP contribution < -0.4 is 0 Å². The molecular formula is C19H23N3O2S2. The molecule has 1 aliphatic rings. The summed E-state index contributed by atoms with van der Waals surface area (Å²) in [5.41, 5.74) is 2.14. The van der Waals surface area contributed by atoms with Crippen molar-refractivity contribution in [3.8, 4) is 11.5 Å². The first kappa shape index (κ1) is 19.0. The normalized spacial score (nSPS) is 17.3. The summed E-state index contributed by atoms with van der Waals surface area (Å²) >= 11 is 6.83. The van der Waals surface area contributed by atoms with E-state index in [2.05, 4.69) is 10.2 Å². The van der Waals surface area contributed by atoms with Crippen molar-refractivity contribution in [2.24, 2.45) is 0 Å². The van der Waals surface area contributed by atoms with Crippen LogP contribution in [0, 0.1) is 6.92 Å². The van der Waals surface area contributed by atoms with Crippen LogP contribution in [0.4, 0.5) is 0 Å². The van der Waals surface area contributed by atoms with Crippen molar-refractivity contribution in [2.45, 2.75) is 51.2 Å². The second kappa shape index (κ2) is 8.77. The van der Waals surface area contributed by atoms with Crippen LogP contribution in [-0.2, 0) is 11.2 Å². The molecule has 2 aromatic rings. The topological polar surface area (TPSA) is 59.2 Å². The zero-order chi connectivity index (χ0) is 18.5. The van der Waals surface area contributed by atoms with Gasteiger partial charge in [-0.2, -0.15) is 0 Å². The molecule has 1 aromatic heterocycles. The maximum absolute atomic E-state index is 12.2. The van der Waals surface area contributed by atoms with Crippen molar-refractivity contribution in [3.63, 3.8) is 0 Å². The molecule has 0 spiro atoms. The fourth-order valence-electron chi connectivity index (χ4n) is 2.85. The molecule has 1 aliphatic heterocycles. The summed E-state index contributed by atoms with van der Waals surface area (Å²) in [5, 5.41) is 8.27. The summed E-state index contributed by atoms with van der Waals surface area (Å²) in [6.07, 6.45) is 4.47. The monoisotopic (exact) mass is 389 g/mol. The number of nitrogens with zero attached hydrogens (tertiary/aromatic N) is 3. The maximum Gasteiger partial charge on any atom is 0.247 e. The molecule has 0 N–H and O–H groups in total. The Hall–Kier alpha value is -1.73. The van der Waals surface area contributed by atoms with Gasteiger partial charge in [-0.05, 0) is 38.3 Å². The molecule has 5 nitrogen and oxygen atoms in total. The molecule has 1 fully saturated rings. The number of aromatic nitrogens is 2. The summed E-state index contributed by atoms with van der Waals surface area (Å²) in [5.74, 6) is 1.40. The van der Waals surface area contributed by atoms with E-state index < -0.39 is 0 Å². The molecule has 0 bridgehead atoms. The van der Waals surface area contributed by atoms with Gasteiger partial charge >= 0.3 is 0 Å². The third kappa shape index (κ3) is 4.51. The van der Waals surface area contributed by atoms with Gasteiger partial charge in [0.1, 0.15) is 4.32 Å². The number of benzene rings is 1. The zero-order valence-electron chi connectivity index (χ0n) is 15.1. The summed E-state index contributed by atoms with van der Waals surface area (Å²) in [4.78, 5) is 13.9. The first-order chi connectivity index (χ1) is 12.6. The van der Waals surface area contributed by atoms with Crippen LogP contribution >= 0.6 is 24.0 Å². The Morgan fingerprint density at radius 3 is 2.65 bits per heavy atom. The molecule has 2 heterocycles. The highest BCUT2D eigenvalue weighted by Crippen LogP contribution is 2.29. The Labute approximate surface area is 163 Å². The van der Waals surface area contributed by atoms with Gasteiger partial charge in [0, 0.05) is 18.5 Å². The fraction of sp³-hybridized carbons (Fsp3) is 0.474. The van der Waals surface area contributed by atoms with Gasteiger partial charge in [0.25, 0.3) is 0 Å². The van der Waals surface area contributed by atoms with Crippen molar-refractivity contribution in [1.29, 1.82) is 0 Å². The summed E-state index contributed by atoms with van der Waals surface area (Å²) in [7, 11) is 0. The smallest absolute Gasteiger partial charge is 0.247 e. The van der Waals surface area contributed by atoms with Crippen LogP contribution in [0.15, 0.2) is 28.7 Å². The Morgan fingerprint density at radius 2 is 1.96 bits per heavy atom. The number of carbonyl (C=O) groups is 1. The summed E-state index contributed by atoms with van der Waals surface area (Å²) in [6.45, 7) is 4.78. The number of thioether (sulfide) groups is 1. The molecule has 138 valence electrons. The number of aryl methyl sites for hydroxylation is 2. The van der Waals surface area contributed by atoms with Gasteiger partial charge in [-0.3, -0.25) is 9.69 Å². The summed E-state index contributed by atoms with van der Waals surface area (Å²) < 4.78 is 6.47. The number of carbonyl (C=O) groups excluding carboxylic acids is 1. The number of amides is 1. The number of hydrogen-bond donors (Lipinski definition) is 0. The van der Waals surface area contributed by atoms with Gasteiger partial charge in [0.15, 0.2) is 0 Å². The molecule has 0 aliphatic carbocycles. The van der Waals surface area contributed by atoms with E-state index in [1.807, 2.05) is 38.1 Å². The lowest BCUT2D eigenvalue weighted by Gasteiger charge is -2.14. The van der Waals surface area contributed by atoms with E-state index in [0.717, 1.165) is 42.0 Å². The lowest BCUT2D eigenvalue weighted by Crippen LogP contribution is -2.32. The molecule has 3 rings (SSSR count). The van der Waals surface area contributed by atoms with Crippen molar-refractivity contribution >= 4 is 34.2 Å². The van der Waals surface area contributed by atoms with E-state index in [9.17, 15) is 4.79 Å². The lowest BCUT2D eigenvalue weighted by atomic mass is 10.1. The highest BCUT2D eigenvalue weighted by Gasteiger charge is 2.34. The second-order valence-corrected chi connectivity index (χ2v) is 8.28. The van der Waals surface area contributed by atoms with E-state index >= 15 is 0 Å². The van der Waals surface area contributed by atoms with E-state index in [4.69, 9.17) is 16.6 Å². The SMILES string of the molecule is CCC1SC(=S)N(CCCCCc2nnc(-c3ccc(C)cc3)o2)C1=O. The second-order valence-electron chi connectivity index (χ2n) is 6.45. The molecule has 1 unspecified atom stereocenters. The molecule has 7 heteroatoms. The van der Waals surface area contributed by atoms with E-state index in [0.29, 0.717) is 18.3 Å². The summed E-state index contributed by atoms with van der Waals surface area (Å²) in [6, 6.07) is 8.05. The van der Waals surface area contributed by atoms with E-state index in [-0.39, 0.29) is 11.2 Å². The van der Waals surface area contributed by atoms with Gasteiger partial charge in [-0.1, -0.05) is 55.0 Å². The Bertz CT molecular complexity index is 773. The van der Waals surface area contributed by atoms with Gasteiger partial charge in [-0.15, -0.1) is 10.2 Å². The molecule has 1 aromatic carbocycles. The minimum atomic E-state index is 0.0149. The zero-order valence-corrected chi connectivity index (χ0v) is 16.7. The average Bonchev–Trinajstić information content (AvgIpc) is 3.21. The van der Waals surface area contributed by atoms with Crippen LogP contribution in [0.3, 0.4) is 0 Å². The Kier molecular flexibility index (Phi) is 6.43. The highest BCUT2D eigenvalue weighted by atomic mass is 32.2. The predicted molar refractivity (Wildman–Crippen MR) is 108 cm³/mol. The van der Waals surface area contributed by atoms with Crippen molar-refractivity contribution < 1.29 is 9.21 Å². The van der Waals surface area contributed by atoms with Crippen LogP contribution in [0.5, 0.6) is 0 Å². The first-order valence-corrected chi connectivity index (χ1v) is 10.3. The molecule has 1 amide bonds. The third-order valence-corrected chi connectivity index (χ3v) is 6.16. The Morgan fingerprint density at radius 1 is 1.19 bits per heavy atom. The van der Waals surface area contributed by atoms with Gasteiger partial charge < -0.3 is 4.42 Å². The first-order valence-electron chi connectivity index (χ1n) is 9.00. The fourth-order valence-corrected chi connectivity index (χ4v) is 4.33. The molecule has 0 saturated carbocycles. The van der Waals surface area contributed by atoms with Gasteiger partial charge in [0.2, 0.25) is 17.7 Å². The number of hydrogen-bond acceptors (Lipinski definition) is 6. The number of rotatable bonds is 8. The molecular weight excluding hydrogens is 366 g/mol. The Balaban J connectivity index is 1.41. The number of unbranched alkanes of at least 4 members (excludes halogenated alkanes) is 2. The molecule has 0 radical (unpaired) electrons. The van der Waals surface area contributed by atoms with Crippen LogP contribution in [0.2, 0.25) is 0 Å². The van der Waals surface area contributed by atoms with Crippen LogP contribution in [0.1, 0.15) is 44.1 Å². The van der Waals surface area contributed by atoms with Crippen LogP contribution in [-0.4, -0.2) is 37.1 Å². The third-order valence-electron chi connectivity index (χ3n) is 4.41. The van der Waals surface area contributed by atoms with E-state index in [1.54, 1.807) is 4.90 Å². The quantitative estimate of drug-likeness (QED) is 0.493. The van der Waals surface area contributed by atoms with Crippen molar-refractivity contribution in [1.82, 2.24) is 15.1 Å². The highest BCUT2D eigenvalue weighted by molar-refractivity contribution is 8.24. The minimum Gasteiger partial charge on any atom is -0.421 e. The van der Waals surface area contributed by atoms with Gasteiger partial charge in [0.05, 0.1) is 5.25 Å². The maximum atomic E-state index is 12.2. The minimum absolute atomic E-state index is 0.0149. The molecule has 1 atom stereocenters. The van der Waals surface area contributed by atoms with Crippen molar-refractivity contribution in [2.75, 3.05) is 6.54 Å². The number of thiocarbonyl (C=S) groups is 1. The predicted octanol–water partition coefficient (Wildman–Crippen LogP) is 4.40. The van der Waals surface area contributed by atoms with Crippen molar-refractivity contribution in [3.05, 3.63) is 35.7 Å². The molecule has 1 saturated heterocycles. The standard InChI is InChI=1S/C19H23N3O2S2/c1-3-15-18(23)22(19(25)26-15)12-6-4-5-7-16-20-21-17(24-16)14-10-8-13(2)9-11-14/h8-11,15H,3-7,12H2,1-2H3. The largest absolute Gasteiger partial charge is 0.421 e. The molecule has 26 heavy (non-hydrogen) atoms. The van der Waals surface area contributed by atoms with Gasteiger partial charge in [-0.25, -0.2) is 0 Å².